The van der Waals surface area contributed by atoms with Gasteiger partial charge in [-0.25, -0.2) is 4.98 Å². The molecule has 8 nitrogen and oxygen atoms in total. The third-order valence-electron chi connectivity index (χ3n) is 5.08. The number of nitro groups is 1. The molecule has 0 amide bonds. The Balaban J connectivity index is 1.71. The summed E-state index contributed by atoms with van der Waals surface area (Å²) in [7, 11) is 0. The van der Waals surface area contributed by atoms with Crippen molar-refractivity contribution in [3.63, 3.8) is 0 Å². The third-order valence-corrected chi connectivity index (χ3v) is 5.08. The molecule has 4 rings (SSSR count). The van der Waals surface area contributed by atoms with Gasteiger partial charge in [-0.05, 0) is 38.1 Å². The first-order chi connectivity index (χ1) is 14.4. The summed E-state index contributed by atoms with van der Waals surface area (Å²) in [5, 5.41) is 11.1. The average molecular weight is 402 g/mol. The van der Waals surface area contributed by atoms with Crippen LogP contribution in [0, 0.1) is 24.0 Å². The quantitative estimate of drug-likeness (QED) is 0.288. The molecule has 0 aliphatic heterocycles. The molecule has 30 heavy (non-hydrogen) atoms. The van der Waals surface area contributed by atoms with Crippen molar-refractivity contribution in [3.05, 3.63) is 98.3 Å². The molecule has 2 aromatic heterocycles. The van der Waals surface area contributed by atoms with Gasteiger partial charge in [-0.15, -0.1) is 0 Å². The van der Waals surface area contributed by atoms with Gasteiger partial charge in [0.2, 0.25) is 0 Å². The number of fused-ring (bicyclic) bond motifs is 1. The molecule has 2 aromatic carbocycles. The number of aryl methyl sites for hydroxylation is 1. The zero-order valence-electron chi connectivity index (χ0n) is 16.4. The van der Waals surface area contributed by atoms with Crippen LogP contribution in [0.3, 0.4) is 0 Å². The monoisotopic (exact) mass is 402 g/mol. The number of carbonyl (C=O) groups is 1. The fourth-order valence-corrected chi connectivity index (χ4v) is 3.63. The maximum atomic E-state index is 13.0. The van der Waals surface area contributed by atoms with Crippen molar-refractivity contribution < 1.29 is 9.72 Å². The van der Waals surface area contributed by atoms with E-state index in [1.165, 1.54) is 29.1 Å². The third kappa shape index (κ3) is 3.28. The first-order valence-corrected chi connectivity index (χ1v) is 9.28. The second-order valence-corrected chi connectivity index (χ2v) is 7.02. The summed E-state index contributed by atoms with van der Waals surface area (Å²) >= 11 is 0. The molecule has 0 saturated heterocycles. The minimum absolute atomic E-state index is 0.106. The van der Waals surface area contributed by atoms with Crippen LogP contribution in [0.4, 0.5) is 5.69 Å². The molecule has 0 unspecified atom stereocenters. The van der Waals surface area contributed by atoms with Gasteiger partial charge in [0.05, 0.1) is 28.7 Å². The Labute approximate surface area is 171 Å². The minimum atomic E-state index is -0.570. The molecule has 4 aromatic rings. The summed E-state index contributed by atoms with van der Waals surface area (Å²) in [6.07, 6.45) is 1.30. The number of non-ortho nitro benzene ring substituents is 1. The Bertz CT molecular complexity index is 1350. The van der Waals surface area contributed by atoms with Crippen molar-refractivity contribution in [2.24, 2.45) is 0 Å². The van der Waals surface area contributed by atoms with E-state index in [1.54, 1.807) is 6.07 Å². The molecule has 2 heterocycles. The predicted molar refractivity (Wildman–Crippen MR) is 112 cm³/mol. The van der Waals surface area contributed by atoms with Gasteiger partial charge >= 0.3 is 0 Å². The fraction of sp³-hybridized carbons (Fsp3) is 0.136. The average Bonchev–Trinajstić information content (AvgIpc) is 3.04. The Kier molecular flexibility index (Phi) is 4.75. The van der Waals surface area contributed by atoms with Crippen molar-refractivity contribution in [2.45, 2.75) is 20.4 Å². The maximum Gasteiger partial charge on any atom is 0.270 e. The number of hydrogen-bond donors (Lipinski definition) is 0. The normalized spacial score (nSPS) is 11.0. The number of aromatic nitrogens is 3. The largest absolute Gasteiger partial charge is 0.318 e. The van der Waals surface area contributed by atoms with Gasteiger partial charge in [0.1, 0.15) is 0 Å². The Morgan fingerprint density at radius 1 is 1.10 bits per heavy atom. The van der Waals surface area contributed by atoms with Gasteiger partial charge in [0.25, 0.3) is 11.2 Å². The number of ketones is 1. The van der Waals surface area contributed by atoms with E-state index in [9.17, 15) is 19.7 Å². The van der Waals surface area contributed by atoms with E-state index in [0.717, 1.165) is 17.1 Å². The van der Waals surface area contributed by atoms with E-state index in [1.807, 2.05) is 48.7 Å². The molecule has 0 spiro atoms. The van der Waals surface area contributed by atoms with E-state index in [2.05, 4.69) is 4.98 Å². The Morgan fingerprint density at radius 3 is 2.53 bits per heavy atom. The lowest BCUT2D eigenvalue weighted by atomic mass is 10.1. The SMILES string of the molecule is Cc1cc(C(=O)Cn2cnc3ccc([N+](=O)[O-])cc3c2=O)c(C)n1-c1ccccc1. The van der Waals surface area contributed by atoms with Crippen LogP contribution in [0.2, 0.25) is 0 Å². The minimum Gasteiger partial charge on any atom is -0.318 e. The zero-order valence-corrected chi connectivity index (χ0v) is 16.4. The molecule has 8 heteroatoms. The first kappa shape index (κ1) is 19.3. The van der Waals surface area contributed by atoms with Crippen LogP contribution >= 0.6 is 0 Å². The van der Waals surface area contributed by atoms with E-state index >= 15 is 0 Å². The van der Waals surface area contributed by atoms with Crippen LogP contribution in [0.1, 0.15) is 21.7 Å². The van der Waals surface area contributed by atoms with Gasteiger partial charge in [0, 0.05) is 34.8 Å². The number of nitro benzene ring substituents is 1. The van der Waals surface area contributed by atoms with Gasteiger partial charge in [-0.2, -0.15) is 0 Å². The molecule has 0 saturated carbocycles. The lowest BCUT2D eigenvalue weighted by Gasteiger charge is -2.10. The lowest BCUT2D eigenvalue weighted by molar-refractivity contribution is -0.384. The second-order valence-electron chi connectivity index (χ2n) is 7.02. The summed E-state index contributed by atoms with van der Waals surface area (Å²) in [4.78, 5) is 40.4. The molecule has 150 valence electrons. The van der Waals surface area contributed by atoms with Crippen molar-refractivity contribution in [1.29, 1.82) is 0 Å². The molecular weight excluding hydrogens is 384 g/mol. The Hall–Kier alpha value is -4.07. The molecule has 0 aliphatic carbocycles. The second kappa shape index (κ2) is 7.40. The molecule has 0 atom stereocenters. The van der Waals surface area contributed by atoms with E-state index < -0.39 is 10.5 Å². The van der Waals surface area contributed by atoms with Crippen LogP contribution in [-0.4, -0.2) is 24.8 Å². The number of carbonyl (C=O) groups excluding carboxylic acids is 1. The van der Waals surface area contributed by atoms with Gasteiger partial charge < -0.3 is 4.57 Å². The molecule has 0 N–H and O–H groups in total. The smallest absolute Gasteiger partial charge is 0.270 e. The van der Waals surface area contributed by atoms with Crippen molar-refractivity contribution in [2.75, 3.05) is 0 Å². The number of nitrogens with zero attached hydrogens (tertiary/aromatic N) is 4. The predicted octanol–water partition coefficient (Wildman–Crippen LogP) is 3.60. The van der Waals surface area contributed by atoms with Crippen molar-refractivity contribution in [1.82, 2.24) is 14.1 Å². The summed E-state index contributed by atoms with van der Waals surface area (Å²) in [5.74, 6) is -0.237. The van der Waals surface area contributed by atoms with Gasteiger partial charge in [0.15, 0.2) is 5.78 Å². The number of rotatable bonds is 5. The van der Waals surface area contributed by atoms with E-state index in [0.29, 0.717) is 11.1 Å². The zero-order chi connectivity index (χ0) is 21.4. The first-order valence-electron chi connectivity index (χ1n) is 9.28. The Morgan fingerprint density at radius 2 is 1.83 bits per heavy atom. The van der Waals surface area contributed by atoms with E-state index in [-0.39, 0.29) is 23.4 Å². The highest BCUT2D eigenvalue weighted by Crippen LogP contribution is 2.22. The summed E-state index contributed by atoms with van der Waals surface area (Å²) < 4.78 is 3.17. The van der Waals surface area contributed by atoms with Crippen molar-refractivity contribution in [3.8, 4) is 5.69 Å². The summed E-state index contributed by atoms with van der Waals surface area (Å²) in [5.41, 5.74) is 2.80. The molecule has 0 fully saturated rings. The lowest BCUT2D eigenvalue weighted by Crippen LogP contribution is -2.25. The summed E-state index contributed by atoms with van der Waals surface area (Å²) in [6.45, 7) is 3.57. The van der Waals surface area contributed by atoms with Crippen molar-refractivity contribution >= 4 is 22.4 Å². The van der Waals surface area contributed by atoms with Crippen LogP contribution < -0.4 is 5.56 Å². The van der Waals surface area contributed by atoms with Crippen LogP contribution in [0.5, 0.6) is 0 Å². The molecule has 0 bridgehead atoms. The van der Waals surface area contributed by atoms with Crippen LogP contribution in [0.15, 0.2) is 65.7 Å². The van der Waals surface area contributed by atoms with Crippen LogP contribution in [0.25, 0.3) is 16.6 Å². The molecular formula is C22H18N4O4. The maximum absolute atomic E-state index is 13.0. The van der Waals surface area contributed by atoms with Gasteiger partial charge in [-0.1, -0.05) is 18.2 Å². The standard InChI is InChI=1S/C22H18N4O4/c1-14-10-18(15(2)25(14)16-6-4-3-5-7-16)21(27)12-24-13-23-20-9-8-17(26(29)30)11-19(20)22(24)28/h3-11,13H,12H2,1-2H3. The number of para-hydroxylation sites is 1. The van der Waals surface area contributed by atoms with Gasteiger partial charge in [-0.3, -0.25) is 24.3 Å². The highest BCUT2D eigenvalue weighted by molar-refractivity contribution is 5.97. The number of benzene rings is 2. The molecule has 0 radical (unpaired) electrons. The number of hydrogen-bond acceptors (Lipinski definition) is 5. The van der Waals surface area contributed by atoms with E-state index in [4.69, 9.17) is 0 Å². The fourth-order valence-electron chi connectivity index (χ4n) is 3.63. The number of Topliss-reactive ketones (excluding diaryl/α,β-unsaturated/α-hetero) is 1. The van der Waals surface area contributed by atoms with Crippen LogP contribution in [-0.2, 0) is 6.54 Å². The highest BCUT2D eigenvalue weighted by atomic mass is 16.6. The topological polar surface area (TPSA) is 100 Å². The molecule has 0 aliphatic rings. The summed E-state index contributed by atoms with van der Waals surface area (Å²) in [6, 6.07) is 15.4. The highest BCUT2D eigenvalue weighted by Gasteiger charge is 2.18.